The average molecular weight is 502 g/mol. The van der Waals surface area contributed by atoms with Crippen LogP contribution in [-0.4, -0.2) is 49.6 Å². The molecule has 6 nitrogen and oxygen atoms in total. The third-order valence-electron chi connectivity index (χ3n) is 8.78. The molecule has 1 saturated heterocycles. The van der Waals surface area contributed by atoms with Crippen LogP contribution in [0, 0.1) is 22.7 Å². The lowest BCUT2D eigenvalue weighted by atomic mass is 9.52. The van der Waals surface area contributed by atoms with Crippen molar-refractivity contribution in [1.29, 1.82) is 0 Å². The Balaban J connectivity index is 1.49. The summed E-state index contributed by atoms with van der Waals surface area (Å²) in [5.41, 5.74) is 10.9. The van der Waals surface area contributed by atoms with Gasteiger partial charge in [0.05, 0.1) is 17.4 Å². The second-order valence-corrected chi connectivity index (χ2v) is 10.9. The van der Waals surface area contributed by atoms with E-state index in [2.05, 4.69) is 33.0 Å². The number of ether oxygens (including phenoxy) is 1. The van der Waals surface area contributed by atoms with Crippen molar-refractivity contribution >= 4 is 27.7 Å². The van der Waals surface area contributed by atoms with Crippen molar-refractivity contribution in [3.63, 3.8) is 0 Å². The van der Waals surface area contributed by atoms with E-state index in [0.29, 0.717) is 19.6 Å². The Morgan fingerprint density at radius 1 is 1.00 bits per heavy atom. The van der Waals surface area contributed by atoms with Crippen molar-refractivity contribution in [2.24, 2.45) is 34.1 Å². The quantitative estimate of drug-likeness (QED) is 0.401. The van der Waals surface area contributed by atoms with Crippen LogP contribution in [0.15, 0.2) is 40.9 Å². The van der Waals surface area contributed by atoms with Gasteiger partial charge in [-0.3, -0.25) is 9.59 Å². The maximum absolute atomic E-state index is 13.4. The Kier molecular flexibility index (Phi) is 5.50. The molecule has 2 saturated carbocycles. The summed E-state index contributed by atoms with van der Waals surface area (Å²) in [7, 11) is 0. The van der Waals surface area contributed by atoms with Gasteiger partial charge in [-0.15, -0.1) is 0 Å². The molecule has 1 aliphatic heterocycles. The number of allylic oxidation sites excluding steroid dienone is 2. The molecule has 5 rings (SSSR count). The van der Waals surface area contributed by atoms with Gasteiger partial charge in [0.15, 0.2) is 0 Å². The molecule has 1 aromatic rings. The van der Waals surface area contributed by atoms with Gasteiger partial charge in [0.25, 0.3) is 0 Å². The van der Waals surface area contributed by atoms with Gasteiger partial charge >= 0.3 is 0 Å². The van der Waals surface area contributed by atoms with Crippen molar-refractivity contribution < 1.29 is 14.3 Å². The van der Waals surface area contributed by atoms with E-state index in [9.17, 15) is 9.59 Å². The van der Waals surface area contributed by atoms with Crippen LogP contribution in [0.25, 0.3) is 0 Å². The van der Waals surface area contributed by atoms with Gasteiger partial charge in [-0.1, -0.05) is 40.2 Å². The molecule has 1 aromatic carbocycles. The Bertz CT molecular complexity index is 938. The fraction of sp³-hybridized carbons (Fsp3) is 0.600. The van der Waals surface area contributed by atoms with Crippen LogP contribution in [0.4, 0.5) is 0 Å². The number of primary amides is 2. The molecule has 0 unspecified atom stereocenters. The molecule has 4 N–H and O–H groups in total. The highest BCUT2D eigenvalue weighted by Crippen LogP contribution is 2.80. The molecule has 32 heavy (non-hydrogen) atoms. The minimum absolute atomic E-state index is 0.0872. The largest absolute Gasteiger partial charge is 0.380 e. The third kappa shape index (κ3) is 2.90. The molecule has 0 radical (unpaired) electrons. The number of halogens is 1. The molecule has 7 heteroatoms. The summed E-state index contributed by atoms with van der Waals surface area (Å²) in [5, 5.41) is 0. The molecule has 3 fully saturated rings. The van der Waals surface area contributed by atoms with Gasteiger partial charge in [-0.2, -0.15) is 0 Å². The monoisotopic (exact) mass is 501 g/mol. The minimum atomic E-state index is -1.16. The number of carbonyl (C=O) groups is 2. The van der Waals surface area contributed by atoms with E-state index < -0.39 is 22.6 Å². The molecule has 4 aliphatic rings. The van der Waals surface area contributed by atoms with Gasteiger partial charge in [-0.25, -0.2) is 0 Å². The summed E-state index contributed by atoms with van der Waals surface area (Å²) < 4.78 is 6.94. The van der Waals surface area contributed by atoms with Gasteiger partial charge in [0.2, 0.25) is 11.8 Å². The topological polar surface area (TPSA) is 98.7 Å². The second-order valence-electron chi connectivity index (χ2n) is 10.00. The summed E-state index contributed by atoms with van der Waals surface area (Å²) in [6.45, 7) is 4.15. The summed E-state index contributed by atoms with van der Waals surface area (Å²) in [4.78, 5) is 29.2. The van der Waals surface area contributed by atoms with E-state index >= 15 is 0 Å². The molecular weight excluding hydrogens is 470 g/mol. The third-order valence-corrected chi connectivity index (χ3v) is 9.31. The van der Waals surface area contributed by atoms with Crippen molar-refractivity contribution in [2.75, 3.05) is 32.8 Å². The molecule has 1 spiro atoms. The smallest absolute Gasteiger partial charge is 0.229 e. The van der Waals surface area contributed by atoms with Crippen molar-refractivity contribution in [1.82, 2.24) is 4.90 Å². The molecule has 0 aromatic heterocycles. The van der Waals surface area contributed by atoms with Crippen LogP contribution < -0.4 is 11.5 Å². The number of amides is 2. The number of benzene rings is 1. The zero-order valence-electron chi connectivity index (χ0n) is 18.4. The first-order valence-electron chi connectivity index (χ1n) is 11.7. The first-order valence-corrected chi connectivity index (χ1v) is 12.5. The zero-order chi connectivity index (χ0) is 22.6. The molecule has 3 aliphatic carbocycles. The van der Waals surface area contributed by atoms with Gasteiger partial charge in [0.1, 0.15) is 0 Å². The summed E-state index contributed by atoms with van der Waals surface area (Å²) in [6, 6.07) is 7.66. The number of nitrogens with zero attached hydrogens (tertiary/aromatic N) is 1. The number of likely N-dealkylation sites (tertiary alicyclic amines) is 1. The highest BCUT2D eigenvalue weighted by atomic mass is 79.9. The first-order chi connectivity index (χ1) is 15.4. The normalized spacial score (nSPS) is 34.4. The number of nitrogens with two attached hydrogens (primary N) is 2. The van der Waals surface area contributed by atoms with E-state index in [0.717, 1.165) is 42.5 Å². The number of hydrogen-bond acceptors (Lipinski definition) is 4. The summed E-state index contributed by atoms with van der Waals surface area (Å²) in [6.07, 6.45) is 9.13. The average Bonchev–Trinajstić information content (AvgIpc) is 3.13. The zero-order valence-corrected chi connectivity index (χ0v) is 20.0. The lowest BCUT2D eigenvalue weighted by molar-refractivity contribution is -0.145. The predicted octanol–water partition coefficient (Wildman–Crippen LogP) is 2.74. The van der Waals surface area contributed by atoms with Crippen molar-refractivity contribution in [3.8, 4) is 0 Å². The maximum Gasteiger partial charge on any atom is 0.229 e. The van der Waals surface area contributed by atoms with E-state index in [-0.39, 0.29) is 17.3 Å². The lowest BCUT2D eigenvalue weighted by Crippen LogP contribution is -2.62. The lowest BCUT2D eigenvalue weighted by Gasteiger charge is -2.48. The van der Waals surface area contributed by atoms with E-state index in [4.69, 9.17) is 16.2 Å². The van der Waals surface area contributed by atoms with Gasteiger partial charge in [0, 0.05) is 23.5 Å². The molecule has 4 atom stereocenters. The SMILES string of the molecule is NC(=O)[C@]1(CCOCCN2CCCC2)[C@@H]2C=C[C@@H](C23CC3)[C@@]1(C(N)=O)c1ccc(Br)cc1. The number of rotatable bonds is 9. The van der Waals surface area contributed by atoms with Crippen LogP contribution >= 0.6 is 15.9 Å². The molecular formula is C25H32BrN3O3. The summed E-state index contributed by atoms with van der Waals surface area (Å²) >= 11 is 3.48. The van der Waals surface area contributed by atoms with Crippen LogP contribution in [0.3, 0.4) is 0 Å². The first kappa shape index (κ1) is 22.1. The number of carbonyl (C=O) groups excluding carboxylic acids is 2. The standard InChI is InChI=1S/C25H32BrN3O3/c26-18-5-3-17(4-6-18)25(22(28)31)20-8-7-19(23(20)9-10-23)24(25,21(27)30)11-15-32-16-14-29-12-1-2-13-29/h3-8,19-20H,1-2,9-16H2,(H2,27,30)(H2,28,31)/t19-,20+,24+,25-/m1/s1. The fourth-order valence-corrected chi connectivity index (χ4v) is 7.61. The maximum atomic E-state index is 13.4. The van der Waals surface area contributed by atoms with E-state index in [1.54, 1.807) is 0 Å². The van der Waals surface area contributed by atoms with Crippen molar-refractivity contribution in [3.05, 3.63) is 46.5 Å². The van der Waals surface area contributed by atoms with E-state index in [1.165, 1.54) is 12.8 Å². The van der Waals surface area contributed by atoms with Gasteiger partial charge < -0.3 is 21.1 Å². The Morgan fingerprint density at radius 2 is 1.66 bits per heavy atom. The molecule has 172 valence electrons. The van der Waals surface area contributed by atoms with Crippen LogP contribution in [0.1, 0.15) is 37.7 Å². The molecule has 2 bridgehead atoms. The van der Waals surface area contributed by atoms with Crippen LogP contribution in [-0.2, 0) is 19.7 Å². The van der Waals surface area contributed by atoms with Crippen molar-refractivity contribution in [2.45, 2.75) is 37.5 Å². The molecule has 1 heterocycles. The van der Waals surface area contributed by atoms with Crippen LogP contribution in [0.5, 0.6) is 0 Å². The Hall–Kier alpha value is -1.70. The Morgan fingerprint density at radius 3 is 2.25 bits per heavy atom. The highest BCUT2D eigenvalue weighted by molar-refractivity contribution is 9.10. The minimum Gasteiger partial charge on any atom is -0.380 e. The summed E-state index contributed by atoms with van der Waals surface area (Å²) in [5.74, 6) is -1.10. The predicted molar refractivity (Wildman–Crippen MR) is 126 cm³/mol. The fourth-order valence-electron chi connectivity index (χ4n) is 7.34. The number of hydrogen-bond donors (Lipinski definition) is 2. The van der Waals surface area contributed by atoms with Gasteiger partial charge in [-0.05, 0) is 74.2 Å². The molecule has 2 amide bonds. The van der Waals surface area contributed by atoms with E-state index in [1.807, 2.05) is 24.3 Å². The second kappa shape index (κ2) is 7.96. The highest BCUT2D eigenvalue weighted by Gasteiger charge is 2.82. The van der Waals surface area contributed by atoms with Crippen LogP contribution in [0.2, 0.25) is 0 Å². The Labute approximate surface area is 197 Å².